The van der Waals surface area contributed by atoms with Crippen LogP contribution in [0.2, 0.25) is 0 Å². The van der Waals surface area contributed by atoms with Crippen LogP contribution >= 0.6 is 0 Å². The normalized spacial score (nSPS) is 15.1. The lowest BCUT2D eigenvalue weighted by molar-refractivity contribution is -0.121. The van der Waals surface area contributed by atoms with E-state index in [1.807, 2.05) is 42.5 Å². The lowest BCUT2D eigenvalue weighted by Gasteiger charge is -2.24. The van der Waals surface area contributed by atoms with E-state index in [9.17, 15) is 4.79 Å². The maximum absolute atomic E-state index is 12.9. The van der Waals surface area contributed by atoms with Gasteiger partial charge in [0.2, 0.25) is 5.91 Å². The van der Waals surface area contributed by atoms with Crippen molar-refractivity contribution in [1.29, 1.82) is 0 Å². The molecule has 1 unspecified atom stereocenters. The smallest absolute Gasteiger partial charge is 0.232 e. The van der Waals surface area contributed by atoms with Crippen LogP contribution in [0.1, 0.15) is 5.56 Å². The van der Waals surface area contributed by atoms with E-state index < -0.39 is 0 Å². The molecule has 154 valence electrons. The van der Waals surface area contributed by atoms with E-state index in [-0.39, 0.29) is 11.8 Å². The molecule has 6 nitrogen and oxygen atoms in total. The Morgan fingerprint density at radius 2 is 1.90 bits per heavy atom. The summed E-state index contributed by atoms with van der Waals surface area (Å²) in [6.07, 6.45) is 5.92. The summed E-state index contributed by atoms with van der Waals surface area (Å²) in [6.45, 7) is 0.338. The number of amides is 1. The van der Waals surface area contributed by atoms with Crippen molar-refractivity contribution < 1.29 is 14.3 Å². The number of rotatable bonds is 4. The summed E-state index contributed by atoms with van der Waals surface area (Å²) < 4.78 is 11.1. The van der Waals surface area contributed by atoms with Gasteiger partial charge in [0.1, 0.15) is 23.9 Å². The fraction of sp³-hybridized carbons (Fsp3) is 0.160. The molecule has 31 heavy (non-hydrogen) atoms. The van der Waals surface area contributed by atoms with Crippen molar-refractivity contribution in [2.45, 2.75) is 6.42 Å². The molecule has 1 aliphatic rings. The molecule has 1 amide bonds. The summed E-state index contributed by atoms with van der Waals surface area (Å²) >= 11 is 0. The van der Waals surface area contributed by atoms with Gasteiger partial charge in [-0.3, -0.25) is 9.78 Å². The molecule has 2 aromatic heterocycles. The van der Waals surface area contributed by atoms with Crippen LogP contribution in [0.15, 0.2) is 73.2 Å². The number of fused-ring (bicyclic) bond motifs is 2. The number of nitrogens with one attached hydrogen (secondary N) is 1. The fourth-order valence-corrected chi connectivity index (χ4v) is 3.83. The molecular formula is C25H21N3O3. The molecule has 2 aromatic carbocycles. The molecule has 0 radical (unpaired) electrons. The summed E-state index contributed by atoms with van der Waals surface area (Å²) in [4.78, 5) is 21.4. The van der Waals surface area contributed by atoms with Gasteiger partial charge in [-0.2, -0.15) is 0 Å². The third-order valence-electron chi connectivity index (χ3n) is 5.53. The first-order valence-electron chi connectivity index (χ1n) is 10.1. The second-order valence-electron chi connectivity index (χ2n) is 7.54. The maximum atomic E-state index is 12.9. The van der Waals surface area contributed by atoms with Crippen LogP contribution in [0, 0.1) is 5.92 Å². The quantitative estimate of drug-likeness (QED) is 0.535. The van der Waals surface area contributed by atoms with Crippen LogP contribution < -0.4 is 14.8 Å². The van der Waals surface area contributed by atoms with Gasteiger partial charge in [0.25, 0.3) is 0 Å². The highest BCUT2D eigenvalue weighted by atomic mass is 16.5. The second-order valence-corrected chi connectivity index (χ2v) is 7.54. The number of benzene rings is 2. The molecule has 0 spiro atoms. The first kappa shape index (κ1) is 19.1. The fourth-order valence-electron chi connectivity index (χ4n) is 3.83. The average molecular weight is 411 g/mol. The number of carbonyl (C=O) groups is 1. The Balaban J connectivity index is 1.35. The number of ether oxygens (including phenoxy) is 2. The van der Waals surface area contributed by atoms with E-state index >= 15 is 0 Å². The molecule has 6 heteroatoms. The summed E-state index contributed by atoms with van der Waals surface area (Å²) in [5.74, 6) is 1.69. The van der Waals surface area contributed by atoms with Gasteiger partial charge < -0.3 is 14.8 Å². The van der Waals surface area contributed by atoms with Crippen LogP contribution in [0.5, 0.6) is 11.5 Å². The Morgan fingerprint density at radius 1 is 1.03 bits per heavy atom. The number of hydrogen-bond acceptors (Lipinski definition) is 5. The molecule has 4 aromatic rings. The van der Waals surface area contributed by atoms with Gasteiger partial charge in [-0.15, -0.1) is 0 Å². The second kappa shape index (κ2) is 8.07. The van der Waals surface area contributed by atoms with Crippen molar-refractivity contribution in [3.8, 4) is 22.6 Å². The number of nitrogens with zero attached hydrogens (tertiary/aromatic N) is 2. The Bertz CT molecular complexity index is 1260. The third kappa shape index (κ3) is 3.92. The highest BCUT2D eigenvalue weighted by Gasteiger charge is 2.26. The van der Waals surface area contributed by atoms with E-state index in [4.69, 9.17) is 9.47 Å². The maximum Gasteiger partial charge on any atom is 0.232 e. The Labute approximate surface area is 179 Å². The van der Waals surface area contributed by atoms with Gasteiger partial charge in [-0.1, -0.05) is 12.1 Å². The number of carbonyl (C=O) groups excluding carboxylic acids is 1. The molecule has 0 fully saturated rings. The largest absolute Gasteiger partial charge is 0.497 e. The monoisotopic (exact) mass is 411 g/mol. The van der Waals surface area contributed by atoms with Crippen LogP contribution in [0.3, 0.4) is 0 Å². The van der Waals surface area contributed by atoms with Gasteiger partial charge in [0.05, 0.1) is 13.0 Å². The molecule has 1 atom stereocenters. The SMILES string of the molecule is COc1ccc2c(c1)CC(C(=O)Nc1cc3cc(-c4ccncc4)ccc3cn1)CO2. The first-order chi connectivity index (χ1) is 15.2. The van der Waals surface area contributed by atoms with Crippen molar-refractivity contribution in [3.05, 3.63) is 78.8 Å². The summed E-state index contributed by atoms with van der Waals surface area (Å²) in [5, 5.41) is 4.97. The lowest BCUT2D eigenvalue weighted by atomic mass is 9.95. The zero-order chi connectivity index (χ0) is 21.2. The van der Waals surface area contributed by atoms with Gasteiger partial charge in [-0.25, -0.2) is 4.98 Å². The summed E-state index contributed by atoms with van der Waals surface area (Å²) in [7, 11) is 1.63. The van der Waals surface area contributed by atoms with Crippen LogP contribution in [-0.2, 0) is 11.2 Å². The minimum Gasteiger partial charge on any atom is -0.497 e. The molecule has 0 saturated carbocycles. The van der Waals surface area contributed by atoms with E-state index in [1.54, 1.807) is 25.7 Å². The summed E-state index contributed by atoms with van der Waals surface area (Å²) in [6, 6.07) is 17.7. The Hall–Kier alpha value is -3.93. The van der Waals surface area contributed by atoms with E-state index in [2.05, 4.69) is 27.4 Å². The predicted molar refractivity (Wildman–Crippen MR) is 119 cm³/mol. The third-order valence-corrected chi connectivity index (χ3v) is 5.53. The molecular weight excluding hydrogens is 390 g/mol. The zero-order valence-corrected chi connectivity index (χ0v) is 17.0. The topological polar surface area (TPSA) is 73.3 Å². The number of methoxy groups -OCH3 is 1. The first-order valence-corrected chi connectivity index (χ1v) is 10.1. The van der Waals surface area contributed by atoms with Crippen molar-refractivity contribution in [2.24, 2.45) is 5.92 Å². The number of hydrogen-bond donors (Lipinski definition) is 1. The van der Waals surface area contributed by atoms with Gasteiger partial charge in [0.15, 0.2) is 0 Å². The Morgan fingerprint density at radius 3 is 2.74 bits per heavy atom. The van der Waals surface area contributed by atoms with E-state index in [1.165, 1.54) is 0 Å². The van der Waals surface area contributed by atoms with Crippen molar-refractivity contribution in [2.75, 3.05) is 19.0 Å². The number of anilines is 1. The minimum atomic E-state index is -0.291. The molecule has 5 rings (SSSR count). The molecule has 0 bridgehead atoms. The predicted octanol–water partition coefficient (Wildman–Crippen LogP) is 4.50. The number of pyridine rings is 2. The number of aromatic nitrogens is 2. The van der Waals surface area contributed by atoms with Crippen LogP contribution in [0.4, 0.5) is 5.82 Å². The van der Waals surface area contributed by atoms with Crippen molar-refractivity contribution >= 4 is 22.5 Å². The van der Waals surface area contributed by atoms with Crippen LogP contribution in [0.25, 0.3) is 21.9 Å². The van der Waals surface area contributed by atoms with Gasteiger partial charge in [0, 0.05) is 24.0 Å². The molecule has 0 aliphatic carbocycles. The molecule has 1 aliphatic heterocycles. The Kier molecular flexibility index (Phi) is 4.96. The van der Waals surface area contributed by atoms with Gasteiger partial charge in [-0.05, 0) is 71.0 Å². The average Bonchev–Trinajstić information content (AvgIpc) is 2.83. The standard InChI is InChI=1S/C25H21N3O3/c1-30-22-4-5-23-20(12-22)11-21(15-31-23)25(29)28-24-13-19-10-17(2-3-18(19)14-27-24)16-6-8-26-9-7-16/h2-10,12-14,21H,11,15H2,1H3,(H,27,28,29). The minimum absolute atomic E-state index is 0.106. The molecule has 3 heterocycles. The van der Waals surface area contributed by atoms with Crippen molar-refractivity contribution in [1.82, 2.24) is 9.97 Å². The highest BCUT2D eigenvalue weighted by Crippen LogP contribution is 2.31. The molecule has 1 N–H and O–H groups in total. The zero-order valence-electron chi connectivity index (χ0n) is 17.0. The van der Waals surface area contributed by atoms with Gasteiger partial charge >= 0.3 is 0 Å². The highest BCUT2D eigenvalue weighted by molar-refractivity contribution is 5.95. The molecule has 0 saturated heterocycles. The van der Waals surface area contributed by atoms with Crippen LogP contribution in [-0.4, -0.2) is 29.6 Å². The van der Waals surface area contributed by atoms with E-state index in [0.29, 0.717) is 18.8 Å². The lowest BCUT2D eigenvalue weighted by Crippen LogP contribution is -2.32. The van der Waals surface area contributed by atoms with Crippen molar-refractivity contribution in [3.63, 3.8) is 0 Å². The van der Waals surface area contributed by atoms with E-state index in [0.717, 1.165) is 39.0 Å². The summed E-state index contributed by atoms with van der Waals surface area (Å²) in [5.41, 5.74) is 3.15.